The van der Waals surface area contributed by atoms with E-state index in [-0.39, 0.29) is 24.2 Å². The molecule has 0 unspecified atom stereocenters. The van der Waals surface area contributed by atoms with Gasteiger partial charge in [0.05, 0.1) is 10.8 Å². The second-order valence-corrected chi connectivity index (χ2v) is 7.53. The van der Waals surface area contributed by atoms with Crippen molar-refractivity contribution in [3.05, 3.63) is 0 Å². The molecule has 0 amide bonds. The van der Waals surface area contributed by atoms with E-state index >= 15 is 0 Å². The minimum absolute atomic E-state index is 0.0145. The highest BCUT2D eigenvalue weighted by Gasteiger charge is 2.55. The monoisotopic (exact) mass is 295 g/mol. The summed E-state index contributed by atoms with van der Waals surface area (Å²) in [6, 6.07) is 0.0145. The number of fused-ring (bicyclic) bond motifs is 2. The van der Waals surface area contributed by atoms with E-state index in [0.29, 0.717) is 6.42 Å². The number of carboxylic acids is 1. The van der Waals surface area contributed by atoms with Crippen LogP contribution in [0, 0.1) is 16.7 Å². The van der Waals surface area contributed by atoms with E-state index in [4.69, 9.17) is 4.74 Å². The van der Waals surface area contributed by atoms with Crippen molar-refractivity contribution < 1.29 is 19.4 Å². The van der Waals surface area contributed by atoms with Gasteiger partial charge in [0.2, 0.25) is 0 Å². The van der Waals surface area contributed by atoms with Gasteiger partial charge in [-0.2, -0.15) is 0 Å². The Morgan fingerprint density at radius 1 is 1.24 bits per heavy atom. The molecule has 0 aromatic rings. The van der Waals surface area contributed by atoms with Crippen LogP contribution in [0.15, 0.2) is 0 Å². The quantitative estimate of drug-likeness (QED) is 0.765. The molecule has 0 aromatic heterocycles. The summed E-state index contributed by atoms with van der Waals surface area (Å²) in [5.41, 5.74) is -1.19. The molecular weight excluding hydrogens is 270 g/mol. The number of carboxylic acid groups (broad SMARTS) is 1. The fourth-order valence-corrected chi connectivity index (χ4v) is 4.44. The van der Waals surface area contributed by atoms with Crippen molar-refractivity contribution >= 4 is 11.9 Å². The average Bonchev–Trinajstić information content (AvgIpc) is 2.46. The number of carbonyl (C=O) groups excluding carboxylic acids is 1. The number of aliphatic carboxylic acids is 1. The first-order chi connectivity index (χ1) is 9.86. The standard InChI is InChI=1S/C16H25NO4/c1-15(2)11-8-10(9-12(17-11)21-14(15)20)16(13(18)19)6-4-3-5-7-16/h10-12,17H,3-9H2,1-2H3,(H,18,19)/t10-,11+,12+/m0/s1. The highest BCUT2D eigenvalue weighted by molar-refractivity contribution is 5.78. The second-order valence-electron chi connectivity index (χ2n) is 7.53. The maximum atomic E-state index is 12.0. The zero-order chi connectivity index (χ0) is 15.3. The smallest absolute Gasteiger partial charge is 0.314 e. The Hall–Kier alpha value is -1.10. The van der Waals surface area contributed by atoms with Gasteiger partial charge in [-0.1, -0.05) is 19.3 Å². The van der Waals surface area contributed by atoms with E-state index in [1.54, 1.807) is 0 Å². The molecule has 1 saturated carbocycles. The van der Waals surface area contributed by atoms with Crippen molar-refractivity contribution in [3.63, 3.8) is 0 Å². The summed E-state index contributed by atoms with van der Waals surface area (Å²) >= 11 is 0. The Morgan fingerprint density at radius 3 is 2.52 bits per heavy atom. The molecule has 5 nitrogen and oxygen atoms in total. The molecule has 1 aliphatic carbocycles. The fraction of sp³-hybridized carbons (Fsp3) is 0.875. The molecule has 2 bridgehead atoms. The molecule has 0 spiro atoms. The number of carbonyl (C=O) groups is 2. The van der Waals surface area contributed by atoms with E-state index in [1.165, 1.54) is 0 Å². The summed E-state index contributed by atoms with van der Waals surface area (Å²) in [5, 5.41) is 13.2. The number of hydrogen-bond acceptors (Lipinski definition) is 4. The van der Waals surface area contributed by atoms with E-state index in [1.807, 2.05) is 13.8 Å². The summed E-state index contributed by atoms with van der Waals surface area (Å²) in [4.78, 5) is 24.0. The van der Waals surface area contributed by atoms with Gasteiger partial charge in [-0.3, -0.25) is 14.9 Å². The second kappa shape index (κ2) is 4.97. The number of nitrogens with one attached hydrogen (secondary N) is 1. The molecule has 118 valence electrons. The first-order valence-electron chi connectivity index (χ1n) is 8.07. The van der Waals surface area contributed by atoms with Crippen molar-refractivity contribution in [2.75, 3.05) is 0 Å². The number of hydrogen-bond donors (Lipinski definition) is 2. The number of esters is 1. The highest BCUT2D eigenvalue weighted by atomic mass is 16.6. The van der Waals surface area contributed by atoms with Gasteiger partial charge >= 0.3 is 11.9 Å². The first-order valence-corrected chi connectivity index (χ1v) is 8.07. The molecule has 2 aliphatic heterocycles. The van der Waals surface area contributed by atoms with E-state index in [0.717, 1.165) is 38.5 Å². The Balaban J connectivity index is 1.86. The van der Waals surface area contributed by atoms with Crippen molar-refractivity contribution in [3.8, 4) is 0 Å². The largest absolute Gasteiger partial charge is 0.481 e. The van der Waals surface area contributed by atoms with Crippen LogP contribution in [-0.4, -0.2) is 29.3 Å². The van der Waals surface area contributed by atoms with Crippen LogP contribution < -0.4 is 5.32 Å². The lowest BCUT2D eigenvalue weighted by molar-refractivity contribution is -0.187. The predicted octanol–water partition coefficient (Wildman–Crippen LogP) is 2.30. The third-order valence-corrected chi connectivity index (χ3v) is 6.01. The molecule has 0 aromatic carbocycles. The SMILES string of the molecule is CC1(C)C(=O)O[C@@H]2C[C@@H](C3(C(=O)O)CCCCC3)C[C@H]1N2. The van der Waals surface area contributed by atoms with Crippen molar-refractivity contribution in [1.29, 1.82) is 0 Å². The summed E-state index contributed by atoms with van der Waals surface area (Å²) in [6.07, 6.45) is 5.72. The molecular formula is C16H25NO4. The van der Waals surface area contributed by atoms with Crippen molar-refractivity contribution in [2.24, 2.45) is 16.7 Å². The topological polar surface area (TPSA) is 75.6 Å². The molecule has 5 heteroatoms. The van der Waals surface area contributed by atoms with Gasteiger partial charge in [-0.25, -0.2) is 0 Å². The zero-order valence-corrected chi connectivity index (χ0v) is 12.9. The van der Waals surface area contributed by atoms with Crippen LogP contribution in [0.2, 0.25) is 0 Å². The zero-order valence-electron chi connectivity index (χ0n) is 12.9. The molecule has 2 saturated heterocycles. The van der Waals surface area contributed by atoms with Gasteiger partial charge in [0.15, 0.2) is 6.23 Å². The number of piperidine rings is 1. The van der Waals surface area contributed by atoms with Crippen molar-refractivity contribution in [2.45, 2.75) is 71.1 Å². The fourth-order valence-electron chi connectivity index (χ4n) is 4.44. The van der Waals surface area contributed by atoms with Crippen LogP contribution >= 0.6 is 0 Å². The molecule has 0 radical (unpaired) electrons. The number of rotatable bonds is 2. The summed E-state index contributed by atoms with van der Waals surface area (Å²) < 4.78 is 5.48. The first kappa shape index (κ1) is 14.8. The van der Waals surface area contributed by atoms with E-state index in [9.17, 15) is 14.7 Å². The normalized spacial score (nSPS) is 37.6. The van der Waals surface area contributed by atoms with Crippen LogP contribution in [0.3, 0.4) is 0 Å². The molecule has 21 heavy (non-hydrogen) atoms. The molecule has 3 fully saturated rings. The minimum atomic E-state index is -0.656. The van der Waals surface area contributed by atoms with Gasteiger partial charge in [-0.15, -0.1) is 0 Å². The molecule has 3 atom stereocenters. The van der Waals surface area contributed by atoms with Crippen LogP contribution in [0.4, 0.5) is 0 Å². The Morgan fingerprint density at radius 2 is 1.90 bits per heavy atom. The molecule has 3 aliphatic rings. The minimum Gasteiger partial charge on any atom is -0.481 e. The summed E-state index contributed by atoms with van der Waals surface area (Å²) in [6.45, 7) is 3.78. The van der Waals surface area contributed by atoms with Gasteiger partial charge < -0.3 is 9.84 Å². The summed E-state index contributed by atoms with van der Waals surface area (Å²) in [7, 11) is 0. The highest BCUT2D eigenvalue weighted by Crippen LogP contribution is 2.50. The van der Waals surface area contributed by atoms with Crippen LogP contribution in [0.25, 0.3) is 0 Å². The van der Waals surface area contributed by atoms with Gasteiger partial charge in [0, 0.05) is 12.5 Å². The third-order valence-electron chi connectivity index (χ3n) is 6.01. The number of ether oxygens (including phenoxy) is 1. The van der Waals surface area contributed by atoms with E-state index in [2.05, 4.69) is 5.32 Å². The van der Waals surface area contributed by atoms with Gasteiger partial charge in [-0.05, 0) is 39.0 Å². The average molecular weight is 295 g/mol. The summed E-state index contributed by atoms with van der Waals surface area (Å²) in [5.74, 6) is -0.724. The lowest BCUT2D eigenvalue weighted by Gasteiger charge is -2.51. The Bertz CT molecular complexity index is 453. The maximum absolute atomic E-state index is 12.0. The molecule has 2 heterocycles. The van der Waals surface area contributed by atoms with Crippen LogP contribution in [0.1, 0.15) is 58.8 Å². The molecule has 3 rings (SSSR count). The van der Waals surface area contributed by atoms with Gasteiger partial charge in [0.1, 0.15) is 0 Å². The Kier molecular flexibility index (Phi) is 3.51. The van der Waals surface area contributed by atoms with E-state index < -0.39 is 16.8 Å². The van der Waals surface area contributed by atoms with Crippen molar-refractivity contribution in [1.82, 2.24) is 5.32 Å². The predicted molar refractivity (Wildman–Crippen MR) is 76.5 cm³/mol. The van der Waals surface area contributed by atoms with Crippen LogP contribution in [-0.2, 0) is 14.3 Å². The maximum Gasteiger partial charge on any atom is 0.314 e. The Labute approximate surface area is 125 Å². The third kappa shape index (κ3) is 2.26. The lowest BCUT2D eigenvalue weighted by atomic mass is 9.60. The molecule has 2 N–H and O–H groups in total. The lowest BCUT2D eigenvalue weighted by Crippen LogP contribution is -2.64. The van der Waals surface area contributed by atoms with Gasteiger partial charge in [0.25, 0.3) is 0 Å². The van der Waals surface area contributed by atoms with Crippen LogP contribution in [0.5, 0.6) is 0 Å².